The number of rotatable bonds is 5. The number of hydrogen-bond donors (Lipinski definition) is 2. The predicted octanol–water partition coefficient (Wildman–Crippen LogP) is 1.31. The molecule has 0 saturated carbocycles. The Hall–Kier alpha value is -1.39. The van der Waals surface area contributed by atoms with E-state index in [2.05, 4.69) is 16.4 Å². The minimum Gasteiger partial charge on any atom is -0.443 e. The van der Waals surface area contributed by atoms with Crippen LogP contribution < -0.4 is 11.1 Å². The van der Waals surface area contributed by atoms with E-state index in [9.17, 15) is 0 Å². The Kier molecular flexibility index (Phi) is 3.54. The lowest BCUT2D eigenvalue weighted by Crippen LogP contribution is -2.32. The zero-order valence-corrected chi connectivity index (χ0v) is 9.44. The molecule has 0 saturated heterocycles. The van der Waals surface area contributed by atoms with Gasteiger partial charge in [-0.25, -0.2) is 4.98 Å². The summed E-state index contributed by atoms with van der Waals surface area (Å²) in [5.74, 6) is 0. The highest BCUT2D eigenvalue weighted by Gasteiger charge is 2.00. The Bertz CT molecular complexity index is 450. The number of aromatic nitrogens is 1. The third-order valence-corrected chi connectivity index (χ3v) is 2.45. The van der Waals surface area contributed by atoms with Crippen molar-refractivity contribution in [2.24, 2.45) is 5.73 Å². The fourth-order valence-corrected chi connectivity index (χ4v) is 1.62. The van der Waals surface area contributed by atoms with Crippen molar-refractivity contribution in [2.45, 2.75) is 19.4 Å². The molecule has 3 N–H and O–H groups in total. The second kappa shape index (κ2) is 5.09. The van der Waals surface area contributed by atoms with Crippen LogP contribution in [0.1, 0.15) is 12.5 Å². The molecule has 0 aliphatic heterocycles. The van der Waals surface area contributed by atoms with Crippen molar-refractivity contribution in [2.75, 3.05) is 13.1 Å². The molecule has 1 aromatic carbocycles. The molecule has 0 spiro atoms. The molecule has 1 atom stereocenters. The van der Waals surface area contributed by atoms with E-state index in [1.807, 2.05) is 19.1 Å². The Balaban J connectivity index is 1.89. The average molecular weight is 219 g/mol. The number of benzene rings is 1. The van der Waals surface area contributed by atoms with Crippen LogP contribution in [-0.2, 0) is 6.42 Å². The Morgan fingerprint density at radius 3 is 3.19 bits per heavy atom. The maximum absolute atomic E-state index is 5.65. The zero-order chi connectivity index (χ0) is 11.4. The van der Waals surface area contributed by atoms with Crippen LogP contribution >= 0.6 is 0 Å². The zero-order valence-electron chi connectivity index (χ0n) is 9.44. The van der Waals surface area contributed by atoms with Crippen LogP contribution in [-0.4, -0.2) is 24.1 Å². The fraction of sp³-hybridized carbons (Fsp3) is 0.417. The molecule has 86 valence electrons. The van der Waals surface area contributed by atoms with Crippen LogP contribution in [0, 0.1) is 0 Å². The Morgan fingerprint density at radius 1 is 1.50 bits per heavy atom. The summed E-state index contributed by atoms with van der Waals surface area (Å²) in [6.07, 6.45) is 2.45. The van der Waals surface area contributed by atoms with Gasteiger partial charge in [0.05, 0.1) is 0 Å². The summed E-state index contributed by atoms with van der Waals surface area (Å²) in [6.45, 7) is 3.78. The van der Waals surface area contributed by atoms with Crippen molar-refractivity contribution in [3.8, 4) is 0 Å². The summed E-state index contributed by atoms with van der Waals surface area (Å²) in [7, 11) is 0. The van der Waals surface area contributed by atoms with Gasteiger partial charge in [0.2, 0.25) is 0 Å². The number of nitrogens with two attached hydrogens (primary N) is 1. The summed E-state index contributed by atoms with van der Waals surface area (Å²) < 4.78 is 5.25. The molecule has 4 nitrogen and oxygen atoms in total. The number of nitrogens with one attached hydrogen (secondary N) is 1. The van der Waals surface area contributed by atoms with E-state index in [4.69, 9.17) is 10.2 Å². The first kappa shape index (κ1) is 11.1. The maximum atomic E-state index is 5.65. The van der Waals surface area contributed by atoms with E-state index in [1.54, 1.807) is 0 Å². The standard InChI is InChI=1S/C12H17N3O/c1-9(13)7-14-5-4-10-2-3-11-12(6-10)16-8-15-11/h2-3,6,8-9,14H,4-5,7,13H2,1H3. The maximum Gasteiger partial charge on any atom is 0.181 e. The fourth-order valence-electron chi connectivity index (χ4n) is 1.62. The summed E-state index contributed by atoms with van der Waals surface area (Å²) in [6, 6.07) is 6.31. The molecule has 1 unspecified atom stereocenters. The smallest absolute Gasteiger partial charge is 0.181 e. The van der Waals surface area contributed by atoms with Gasteiger partial charge in [0, 0.05) is 12.6 Å². The van der Waals surface area contributed by atoms with Gasteiger partial charge in [-0.1, -0.05) is 6.07 Å². The number of hydrogen-bond acceptors (Lipinski definition) is 4. The molecule has 16 heavy (non-hydrogen) atoms. The molecule has 0 aliphatic rings. The molecule has 0 bridgehead atoms. The molecular weight excluding hydrogens is 202 g/mol. The van der Waals surface area contributed by atoms with Gasteiger partial charge >= 0.3 is 0 Å². The van der Waals surface area contributed by atoms with Crippen molar-refractivity contribution in [1.29, 1.82) is 0 Å². The molecule has 2 rings (SSSR count). The van der Waals surface area contributed by atoms with Crippen molar-refractivity contribution >= 4 is 11.1 Å². The third-order valence-electron chi connectivity index (χ3n) is 2.45. The molecule has 0 aliphatic carbocycles. The molecule has 4 heteroatoms. The van der Waals surface area contributed by atoms with Crippen molar-refractivity contribution in [3.63, 3.8) is 0 Å². The largest absolute Gasteiger partial charge is 0.443 e. The predicted molar refractivity (Wildman–Crippen MR) is 64.2 cm³/mol. The van der Waals surface area contributed by atoms with Crippen LogP contribution in [0.5, 0.6) is 0 Å². The Morgan fingerprint density at radius 2 is 2.38 bits per heavy atom. The second-order valence-electron chi connectivity index (χ2n) is 4.09. The van der Waals surface area contributed by atoms with Gasteiger partial charge in [-0.2, -0.15) is 0 Å². The van der Waals surface area contributed by atoms with E-state index in [1.165, 1.54) is 12.0 Å². The first-order valence-corrected chi connectivity index (χ1v) is 5.54. The van der Waals surface area contributed by atoms with Gasteiger partial charge in [0.15, 0.2) is 12.0 Å². The summed E-state index contributed by atoms with van der Waals surface area (Å²) in [4.78, 5) is 4.08. The summed E-state index contributed by atoms with van der Waals surface area (Å²) in [5.41, 5.74) is 8.66. The second-order valence-corrected chi connectivity index (χ2v) is 4.09. The topological polar surface area (TPSA) is 64.1 Å². The van der Waals surface area contributed by atoms with Gasteiger partial charge in [0.1, 0.15) is 5.52 Å². The quantitative estimate of drug-likeness (QED) is 0.744. The first-order valence-electron chi connectivity index (χ1n) is 5.54. The molecule has 1 aromatic heterocycles. The number of oxazole rings is 1. The van der Waals surface area contributed by atoms with Crippen LogP contribution in [0.3, 0.4) is 0 Å². The lowest BCUT2D eigenvalue weighted by molar-refractivity contribution is 0.599. The third kappa shape index (κ3) is 2.81. The van der Waals surface area contributed by atoms with E-state index < -0.39 is 0 Å². The van der Waals surface area contributed by atoms with Crippen LogP contribution in [0.25, 0.3) is 11.1 Å². The molecule has 0 fully saturated rings. The van der Waals surface area contributed by atoms with Crippen molar-refractivity contribution in [1.82, 2.24) is 10.3 Å². The number of fused-ring (bicyclic) bond motifs is 1. The van der Waals surface area contributed by atoms with E-state index in [0.29, 0.717) is 0 Å². The first-order chi connectivity index (χ1) is 7.75. The summed E-state index contributed by atoms with van der Waals surface area (Å²) in [5, 5.41) is 3.30. The normalized spacial score (nSPS) is 13.1. The van der Waals surface area contributed by atoms with Crippen LogP contribution in [0.15, 0.2) is 29.0 Å². The average Bonchev–Trinajstić information content (AvgIpc) is 2.71. The molecule has 0 radical (unpaired) electrons. The van der Waals surface area contributed by atoms with E-state index >= 15 is 0 Å². The van der Waals surface area contributed by atoms with E-state index in [-0.39, 0.29) is 6.04 Å². The highest BCUT2D eigenvalue weighted by molar-refractivity contribution is 5.72. The van der Waals surface area contributed by atoms with Crippen molar-refractivity contribution < 1.29 is 4.42 Å². The van der Waals surface area contributed by atoms with E-state index in [0.717, 1.165) is 30.6 Å². The van der Waals surface area contributed by atoms with Gasteiger partial charge in [-0.15, -0.1) is 0 Å². The molecular formula is C12H17N3O. The summed E-state index contributed by atoms with van der Waals surface area (Å²) >= 11 is 0. The van der Waals surface area contributed by atoms with Crippen molar-refractivity contribution in [3.05, 3.63) is 30.2 Å². The SMILES string of the molecule is CC(N)CNCCc1ccc2ncoc2c1. The van der Waals surface area contributed by atoms with Gasteiger partial charge < -0.3 is 15.5 Å². The highest BCUT2D eigenvalue weighted by Crippen LogP contribution is 2.14. The lowest BCUT2D eigenvalue weighted by Gasteiger charge is -2.07. The van der Waals surface area contributed by atoms with Gasteiger partial charge in [0.25, 0.3) is 0 Å². The van der Waals surface area contributed by atoms with Crippen LogP contribution in [0.2, 0.25) is 0 Å². The molecule has 0 amide bonds. The monoisotopic (exact) mass is 219 g/mol. The lowest BCUT2D eigenvalue weighted by atomic mass is 10.1. The van der Waals surface area contributed by atoms with Gasteiger partial charge in [-0.3, -0.25) is 0 Å². The number of nitrogens with zero attached hydrogens (tertiary/aromatic N) is 1. The van der Waals surface area contributed by atoms with Gasteiger partial charge in [-0.05, 0) is 37.6 Å². The molecule has 1 heterocycles. The minimum atomic E-state index is 0.205. The molecule has 2 aromatic rings. The Labute approximate surface area is 94.8 Å². The minimum absolute atomic E-state index is 0.205. The highest BCUT2D eigenvalue weighted by atomic mass is 16.3. The van der Waals surface area contributed by atoms with Crippen LogP contribution in [0.4, 0.5) is 0 Å².